The lowest BCUT2D eigenvalue weighted by Crippen LogP contribution is -2.53. The summed E-state index contributed by atoms with van der Waals surface area (Å²) in [6.07, 6.45) is 6.87. The number of furan rings is 1. The number of guanidine groups is 1. The molecule has 0 unspecified atom stereocenters. The average molecular weight is 438 g/mol. The van der Waals surface area contributed by atoms with Gasteiger partial charge in [0.05, 0.1) is 6.26 Å². The Bertz CT molecular complexity index is 879. The molecule has 2 aromatic rings. The van der Waals surface area contributed by atoms with Crippen molar-refractivity contribution >= 4 is 11.9 Å². The molecule has 2 fully saturated rings. The molecule has 7 heteroatoms. The second-order valence-corrected chi connectivity index (χ2v) is 8.62. The van der Waals surface area contributed by atoms with Crippen LogP contribution in [0.15, 0.2) is 52.1 Å². The fourth-order valence-electron chi connectivity index (χ4n) is 4.60. The molecule has 1 N–H and O–H groups in total. The van der Waals surface area contributed by atoms with Crippen LogP contribution in [0.3, 0.4) is 0 Å². The third kappa shape index (κ3) is 5.71. The van der Waals surface area contributed by atoms with Crippen LogP contribution in [-0.4, -0.2) is 72.9 Å². The van der Waals surface area contributed by atoms with Crippen molar-refractivity contribution in [3.63, 3.8) is 0 Å². The summed E-state index contributed by atoms with van der Waals surface area (Å²) < 4.78 is 5.26. The molecular weight excluding hydrogens is 402 g/mol. The predicted octanol–water partition coefficient (Wildman–Crippen LogP) is 3.19. The Kier molecular flexibility index (Phi) is 7.82. The van der Waals surface area contributed by atoms with E-state index in [0.29, 0.717) is 18.8 Å². The quantitative estimate of drug-likeness (QED) is 0.575. The van der Waals surface area contributed by atoms with Crippen LogP contribution in [0.1, 0.15) is 47.4 Å². The highest BCUT2D eigenvalue weighted by Crippen LogP contribution is 2.16. The molecule has 172 valence electrons. The van der Waals surface area contributed by atoms with Crippen molar-refractivity contribution in [1.82, 2.24) is 20.0 Å². The van der Waals surface area contributed by atoms with Gasteiger partial charge in [-0.25, -0.2) is 0 Å². The number of amides is 1. The summed E-state index contributed by atoms with van der Waals surface area (Å²) in [5, 5.41) is 3.55. The van der Waals surface area contributed by atoms with E-state index in [-0.39, 0.29) is 5.91 Å². The van der Waals surface area contributed by atoms with Gasteiger partial charge < -0.3 is 19.5 Å². The molecule has 1 aromatic heterocycles. The molecule has 7 nitrogen and oxygen atoms in total. The molecule has 0 aliphatic carbocycles. The van der Waals surface area contributed by atoms with Gasteiger partial charge >= 0.3 is 0 Å². The topological polar surface area (TPSA) is 64.3 Å². The van der Waals surface area contributed by atoms with Crippen LogP contribution < -0.4 is 5.32 Å². The van der Waals surface area contributed by atoms with Gasteiger partial charge in [-0.3, -0.25) is 14.7 Å². The van der Waals surface area contributed by atoms with Gasteiger partial charge in [0, 0.05) is 46.3 Å². The van der Waals surface area contributed by atoms with Crippen molar-refractivity contribution < 1.29 is 9.21 Å². The number of nitrogens with one attached hydrogen (secondary N) is 1. The van der Waals surface area contributed by atoms with Crippen molar-refractivity contribution in [2.45, 2.75) is 38.8 Å². The lowest BCUT2D eigenvalue weighted by molar-refractivity contribution is 0.0657. The minimum atomic E-state index is -0.0416. The Hall–Kier alpha value is -2.80. The lowest BCUT2D eigenvalue weighted by Gasteiger charge is -2.36. The van der Waals surface area contributed by atoms with E-state index in [0.717, 1.165) is 32.1 Å². The second kappa shape index (κ2) is 11.2. The summed E-state index contributed by atoms with van der Waals surface area (Å²) in [5.74, 6) is 1.25. The maximum atomic E-state index is 12.5. The molecule has 2 aliphatic heterocycles. The van der Waals surface area contributed by atoms with E-state index in [2.05, 4.69) is 44.4 Å². The minimum absolute atomic E-state index is 0.0416. The number of nitrogens with zero attached hydrogens (tertiary/aromatic N) is 4. The third-order valence-corrected chi connectivity index (χ3v) is 6.46. The number of carbonyl (C=O) groups is 1. The molecule has 4 rings (SSSR count). The predicted molar refractivity (Wildman–Crippen MR) is 127 cm³/mol. The monoisotopic (exact) mass is 437 g/mol. The number of hydrogen-bond acceptors (Lipinski definition) is 4. The first-order chi connectivity index (χ1) is 15.7. The van der Waals surface area contributed by atoms with Crippen molar-refractivity contribution in [2.24, 2.45) is 4.99 Å². The number of rotatable bonds is 5. The van der Waals surface area contributed by atoms with Crippen LogP contribution in [0.2, 0.25) is 0 Å². The molecule has 1 aromatic carbocycles. The highest BCUT2D eigenvalue weighted by atomic mass is 16.3. The zero-order valence-corrected chi connectivity index (χ0v) is 19.1. The Morgan fingerprint density at radius 3 is 2.25 bits per heavy atom. The number of aliphatic imine (C=N–C) groups is 1. The van der Waals surface area contributed by atoms with E-state index in [4.69, 9.17) is 4.42 Å². The summed E-state index contributed by atoms with van der Waals surface area (Å²) in [6.45, 7) is 6.99. The van der Waals surface area contributed by atoms with E-state index in [1.807, 2.05) is 11.9 Å². The molecule has 2 aliphatic rings. The van der Waals surface area contributed by atoms with Gasteiger partial charge in [-0.05, 0) is 49.2 Å². The van der Waals surface area contributed by atoms with Crippen molar-refractivity contribution in [3.8, 4) is 0 Å². The Morgan fingerprint density at radius 1 is 0.906 bits per heavy atom. The highest BCUT2D eigenvalue weighted by molar-refractivity contribution is 5.91. The number of likely N-dealkylation sites (tertiary alicyclic amines) is 1. The van der Waals surface area contributed by atoms with Crippen molar-refractivity contribution in [2.75, 3.05) is 46.3 Å². The Morgan fingerprint density at radius 2 is 1.59 bits per heavy atom. The summed E-state index contributed by atoms with van der Waals surface area (Å²) in [7, 11) is 1.83. The molecule has 1 amide bonds. The molecule has 0 atom stereocenters. The van der Waals surface area contributed by atoms with Crippen LogP contribution in [-0.2, 0) is 13.1 Å². The lowest BCUT2D eigenvalue weighted by atomic mass is 10.1. The van der Waals surface area contributed by atoms with Gasteiger partial charge in [-0.2, -0.15) is 0 Å². The van der Waals surface area contributed by atoms with Crippen LogP contribution >= 0.6 is 0 Å². The molecule has 0 radical (unpaired) electrons. The van der Waals surface area contributed by atoms with Crippen LogP contribution in [0.4, 0.5) is 0 Å². The van der Waals surface area contributed by atoms with Crippen LogP contribution in [0, 0.1) is 0 Å². The first-order valence-electron chi connectivity index (χ1n) is 11.8. The van der Waals surface area contributed by atoms with Gasteiger partial charge in [0.1, 0.15) is 0 Å². The SMILES string of the molecule is CN=C(NCc1ccccc1CN1CCCCCC1)N1CCN(C(=O)c2ccco2)CC1. The number of piperazine rings is 1. The van der Waals surface area contributed by atoms with E-state index in [9.17, 15) is 4.79 Å². The summed E-state index contributed by atoms with van der Waals surface area (Å²) in [4.78, 5) is 23.7. The molecule has 2 saturated heterocycles. The van der Waals surface area contributed by atoms with Gasteiger partial charge in [0.15, 0.2) is 11.7 Å². The minimum Gasteiger partial charge on any atom is -0.459 e. The van der Waals surface area contributed by atoms with Crippen LogP contribution in [0.5, 0.6) is 0 Å². The zero-order chi connectivity index (χ0) is 22.2. The fraction of sp³-hybridized carbons (Fsp3) is 0.520. The average Bonchev–Trinajstić information content (AvgIpc) is 3.25. The van der Waals surface area contributed by atoms with Gasteiger partial charge in [0.25, 0.3) is 5.91 Å². The number of hydrogen-bond donors (Lipinski definition) is 1. The van der Waals surface area contributed by atoms with Crippen molar-refractivity contribution in [1.29, 1.82) is 0 Å². The van der Waals surface area contributed by atoms with E-state index >= 15 is 0 Å². The molecule has 0 bridgehead atoms. The van der Waals surface area contributed by atoms with Crippen molar-refractivity contribution in [3.05, 3.63) is 59.5 Å². The van der Waals surface area contributed by atoms with Gasteiger partial charge in [-0.15, -0.1) is 0 Å². The molecular formula is C25H35N5O2. The first kappa shape index (κ1) is 22.4. The summed E-state index contributed by atoms with van der Waals surface area (Å²) in [6, 6.07) is 12.2. The molecule has 0 spiro atoms. The summed E-state index contributed by atoms with van der Waals surface area (Å²) >= 11 is 0. The van der Waals surface area contributed by atoms with E-state index < -0.39 is 0 Å². The zero-order valence-electron chi connectivity index (χ0n) is 19.1. The molecule has 3 heterocycles. The van der Waals surface area contributed by atoms with Crippen LogP contribution in [0.25, 0.3) is 0 Å². The van der Waals surface area contributed by atoms with E-state index in [1.54, 1.807) is 18.4 Å². The van der Waals surface area contributed by atoms with Gasteiger partial charge in [0.2, 0.25) is 0 Å². The second-order valence-electron chi connectivity index (χ2n) is 8.62. The molecule has 0 saturated carbocycles. The standard InChI is InChI=1S/C25H35N5O2/c1-26-25(30-16-14-29(15-17-30)24(31)23-11-8-18-32-23)27-19-21-9-4-5-10-22(21)20-28-12-6-2-3-7-13-28/h4-5,8-11,18H,2-3,6-7,12-17,19-20H2,1H3,(H,26,27). The van der Waals surface area contributed by atoms with E-state index in [1.165, 1.54) is 49.9 Å². The maximum absolute atomic E-state index is 12.5. The Labute approximate surface area is 191 Å². The third-order valence-electron chi connectivity index (χ3n) is 6.46. The fourth-order valence-corrected chi connectivity index (χ4v) is 4.60. The van der Waals surface area contributed by atoms with Gasteiger partial charge in [-0.1, -0.05) is 37.1 Å². The maximum Gasteiger partial charge on any atom is 0.289 e. The largest absolute Gasteiger partial charge is 0.459 e. The summed E-state index contributed by atoms with van der Waals surface area (Å²) in [5.41, 5.74) is 2.72. The normalized spacial score (nSPS) is 18.5. The number of benzene rings is 1. The Balaban J connectivity index is 1.31. The molecule has 32 heavy (non-hydrogen) atoms. The highest BCUT2D eigenvalue weighted by Gasteiger charge is 2.25. The number of carbonyl (C=O) groups excluding carboxylic acids is 1. The smallest absolute Gasteiger partial charge is 0.289 e. The first-order valence-corrected chi connectivity index (χ1v) is 11.8.